The average Bonchev–Trinajstić information content (AvgIpc) is 2.52. The van der Waals surface area contributed by atoms with Gasteiger partial charge in [0.15, 0.2) is 0 Å². The Labute approximate surface area is 69.3 Å². The molecular formula is C11H16. The molecule has 0 aromatic heterocycles. The Balaban J connectivity index is 2.30. The van der Waals surface area contributed by atoms with Crippen molar-refractivity contribution in [3.8, 4) is 0 Å². The van der Waals surface area contributed by atoms with Crippen LogP contribution in [-0.2, 0) is 0 Å². The molecule has 0 saturated carbocycles. The van der Waals surface area contributed by atoms with Crippen LogP contribution in [0, 0.1) is 5.92 Å². The standard InChI is InChI=1S/C11H16/c1-3-4-7-10(2)11-8-5-6-9-11/h3,5-6,8,10H,1,4,7,9H2,2H3. The summed E-state index contributed by atoms with van der Waals surface area (Å²) in [4.78, 5) is 0. The molecule has 0 aromatic carbocycles. The minimum atomic E-state index is 0.739. The molecule has 0 aliphatic heterocycles. The normalized spacial score (nSPS) is 18.1. The zero-order chi connectivity index (χ0) is 8.10. The zero-order valence-corrected chi connectivity index (χ0v) is 7.22. The first-order chi connectivity index (χ1) is 5.34. The Kier molecular flexibility index (Phi) is 3.15. The Morgan fingerprint density at radius 3 is 3.09 bits per heavy atom. The van der Waals surface area contributed by atoms with Crippen molar-refractivity contribution in [3.63, 3.8) is 0 Å². The zero-order valence-electron chi connectivity index (χ0n) is 7.22. The SMILES string of the molecule is C=CCCC(C)C1=CC=CC1. The summed E-state index contributed by atoms with van der Waals surface area (Å²) >= 11 is 0. The molecule has 0 bridgehead atoms. The number of allylic oxidation sites excluding steroid dienone is 5. The topological polar surface area (TPSA) is 0 Å². The molecule has 0 saturated heterocycles. The van der Waals surface area contributed by atoms with Crippen LogP contribution in [0.5, 0.6) is 0 Å². The van der Waals surface area contributed by atoms with Gasteiger partial charge in [0.1, 0.15) is 0 Å². The lowest BCUT2D eigenvalue weighted by Gasteiger charge is -2.10. The second-order valence-electron chi connectivity index (χ2n) is 3.14. The van der Waals surface area contributed by atoms with Crippen LogP contribution in [-0.4, -0.2) is 0 Å². The molecule has 0 N–H and O–H groups in total. The summed E-state index contributed by atoms with van der Waals surface area (Å²) in [5, 5.41) is 0. The van der Waals surface area contributed by atoms with Crippen molar-refractivity contribution in [2.75, 3.05) is 0 Å². The largest absolute Gasteiger partial charge is 0.103 e. The Hall–Kier alpha value is -0.780. The fraction of sp³-hybridized carbons (Fsp3) is 0.455. The average molecular weight is 148 g/mol. The van der Waals surface area contributed by atoms with E-state index in [2.05, 4.69) is 31.7 Å². The summed E-state index contributed by atoms with van der Waals surface area (Å²) < 4.78 is 0. The lowest BCUT2D eigenvalue weighted by molar-refractivity contribution is 0.614. The Morgan fingerprint density at radius 2 is 2.55 bits per heavy atom. The van der Waals surface area contributed by atoms with Gasteiger partial charge in [0.25, 0.3) is 0 Å². The molecule has 0 radical (unpaired) electrons. The monoisotopic (exact) mass is 148 g/mol. The van der Waals surface area contributed by atoms with Crippen molar-refractivity contribution in [1.29, 1.82) is 0 Å². The highest BCUT2D eigenvalue weighted by atomic mass is 14.1. The van der Waals surface area contributed by atoms with Gasteiger partial charge in [0.05, 0.1) is 0 Å². The number of rotatable bonds is 4. The molecule has 0 aromatic rings. The fourth-order valence-corrected chi connectivity index (χ4v) is 1.38. The van der Waals surface area contributed by atoms with Crippen LogP contribution >= 0.6 is 0 Å². The Morgan fingerprint density at radius 1 is 1.73 bits per heavy atom. The molecule has 1 aliphatic rings. The van der Waals surface area contributed by atoms with Gasteiger partial charge in [-0.15, -0.1) is 6.58 Å². The van der Waals surface area contributed by atoms with E-state index in [1.165, 1.54) is 6.42 Å². The lowest BCUT2D eigenvalue weighted by atomic mass is 9.95. The first-order valence-corrected chi connectivity index (χ1v) is 4.31. The highest BCUT2D eigenvalue weighted by Gasteiger charge is 2.07. The van der Waals surface area contributed by atoms with Crippen LogP contribution in [0.25, 0.3) is 0 Å². The summed E-state index contributed by atoms with van der Waals surface area (Å²) in [6.45, 7) is 6.02. The second kappa shape index (κ2) is 4.17. The Bertz CT molecular complexity index is 184. The van der Waals surface area contributed by atoms with E-state index in [-0.39, 0.29) is 0 Å². The van der Waals surface area contributed by atoms with Crippen molar-refractivity contribution in [1.82, 2.24) is 0 Å². The minimum Gasteiger partial charge on any atom is -0.103 e. The van der Waals surface area contributed by atoms with E-state index < -0.39 is 0 Å². The molecule has 1 rings (SSSR count). The molecule has 0 nitrogen and oxygen atoms in total. The van der Waals surface area contributed by atoms with Crippen molar-refractivity contribution in [2.24, 2.45) is 5.92 Å². The molecule has 0 spiro atoms. The van der Waals surface area contributed by atoms with Crippen molar-refractivity contribution < 1.29 is 0 Å². The van der Waals surface area contributed by atoms with Gasteiger partial charge >= 0.3 is 0 Å². The van der Waals surface area contributed by atoms with E-state index in [0.29, 0.717) is 0 Å². The predicted octanol–water partition coefficient (Wildman–Crippen LogP) is 3.48. The molecule has 1 atom stereocenters. The van der Waals surface area contributed by atoms with E-state index in [1.54, 1.807) is 5.57 Å². The van der Waals surface area contributed by atoms with Gasteiger partial charge in [-0.25, -0.2) is 0 Å². The quantitative estimate of drug-likeness (QED) is 0.535. The van der Waals surface area contributed by atoms with Gasteiger partial charge in [-0.05, 0) is 25.2 Å². The van der Waals surface area contributed by atoms with Gasteiger partial charge in [0.2, 0.25) is 0 Å². The van der Waals surface area contributed by atoms with Gasteiger partial charge in [-0.3, -0.25) is 0 Å². The molecule has 0 amide bonds. The molecule has 0 heterocycles. The van der Waals surface area contributed by atoms with Crippen LogP contribution < -0.4 is 0 Å². The van der Waals surface area contributed by atoms with Gasteiger partial charge in [-0.2, -0.15) is 0 Å². The molecule has 0 fully saturated rings. The third-order valence-electron chi connectivity index (χ3n) is 2.24. The van der Waals surface area contributed by atoms with E-state index in [4.69, 9.17) is 0 Å². The molecule has 60 valence electrons. The smallest absolute Gasteiger partial charge is 0.0130 e. The van der Waals surface area contributed by atoms with Gasteiger partial charge in [-0.1, -0.05) is 36.8 Å². The van der Waals surface area contributed by atoms with E-state index >= 15 is 0 Å². The van der Waals surface area contributed by atoms with Crippen LogP contribution in [0.1, 0.15) is 26.2 Å². The molecule has 0 heteroatoms. The molecule has 1 aliphatic carbocycles. The summed E-state index contributed by atoms with van der Waals surface area (Å²) in [6, 6.07) is 0. The lowest BCUT2D eigenvalue weighted by Crippen LogP contribution is -1.96. The molecule has 11 heavy (non-hydrogen) atoms. The van der Waals surface area contributed by atoms with E-state index in [0.717, 1.165) is 18.8 Å². The van der Waals surface area contributed by atoms with Crippen LogP contribution in [0.4, 0.5) is 0 Å². The molecular weight excluding hydrogens is 132 g/mol. The third-order valence-corrected chi connectivity index (χ3v) is 2.24. The third kappa shape index (κ3) is 2.38. The highest BCUT2D eigenvalue weighted by molar-refractivity contribution is 5.24. The summed E-state index contributed by atoms with van der Waals surface area (Å²) in [6.07, 6.45) is 12.2. The molecule has 1 unspecified atom stereocenters. The predicted molar refractivity (Wildman–Crippen MR) is 50.4 cm³/mol. The first kappa shape index (κ1) is 8.32. The van der Waals surface area contributed by atoms with E-state index in [1.807, 2.05) is 6.08 Å². The van der Waals surface area contributed by atoms with Crippen molar-refractivity contribution in [2.45, 2.75) is 26.2 Å². The summed E-state index contributed by atoms with van der Waals surface area (Å²) in [5.41, 5.74) is 1.58. The summed E-state index contributed by atoms with van der Waals surface area (Å²) in [7, 11) is 0. The van der Waals surface area contributed by atoms with Crippen molar-refractivity contribution in [3.05, 3.63) is 36.5 Å². The van der Waals surface area contributed by atoms with Crippen LogP contribution in [0.3, 0.4) is 0 Å². The minimum absolute atomic E-state index is 0.739. The fourth-order valence-electron chi connectivity index (χ4n) is 1.38. The van der Waals surface area contributed by atoms with Gasteiger partial charge in [0, 0.05) is 0 Å². The van der Waals surface area contributed by atoms with Crippen molar-refractivity contribution >= 4 is 0 Å². The van der Waals surface area contributed by atoms with Crippen LogP contribution in [0.2, 0.25) is 0 Å². The number of hydrogen-bond donors (Lipinski definition) is 0. The maximum absolute atomic E-state index is 3.72. The highest BCUT2D eigenvalue weighted by Crippen LogP contribution is 2.23. The maximum atomic E-state index is 3.72. The maximum Gasteiger partial charge on any atom is -0.0130 e. The first-order valence-electron chi connectivity index (χ1n) is 4.31. The van der Waals surface area contributed by atoms with E-state index in [9.17, 15) is 0 Å². The number of hydrogen-bond acceptors (Lipinski definition) is 0. The second-order valence-corrected chi connectivity index (χ2v) is 3.14. The van der Waals surface area contributed by atoms with Crippen LogP contribution in [0.15, 0.2) is 36.5 Å². The summed E-state index contributed by atoms with van der Waals surface area (Å²) in [5.74, 6) is 0.739. The van der Waals surface area contributed by atoms with Gasteiger partial charge < -0.3 is 0 Å².